The van der Waals surface area contributed by atoms with Gasteiger partial charge in [0.2, 0.25) is 0 Å². The van der Waals surface area contributed by atoms with Crippen molar-refractivity contribution in [3.05, 3.63) is 27.3 Å². The zero-order valence-electron chi connectivity index (χ0n) is 5.26. The van der Waals surface area contributed by atoms with Crippen LogP contribution in [0.4, 0.5) is 0 Å². The lowest BCUT2D eigenvalue weighted by molar-refractivity contribution is 0.471. The van der Waals surface area contributed by atoms with Crippen LogP contribution in [0.25, 0.3) is 0 Å². The maximum absolute atomic E-state index is 9.12. The number of phenols is 1. The minimum Gasteiger partial charge on any atom is -0.507 e. The molecule has 0 saturated carbocycles. The number of hydrogen-bond acceptors (Lipinski definition) is 1. The summed E-state index contributed by atoms with van der Waals surface area (Å²) in [5.74, 6) is 0.351. The van der Waals surface area contributed by atoms with Crippen LogP contribution in [0.1, 0.15) is 5.56 Å². The molecule has 0 spiro atoms. The molecule has 51 valence electrons. The van der Waals surface area contributed by atoms with Crippen molar-refractivity contribution < 1.29 is 5.11 Å². The fraction of sp³-hybridized carbons (Fsp3) is 0.143. The zero-order valence-corrected chi connectivity index (χ0v) is 8.42. The van der Waals surface area contributed by atoms with E-state index in [0.717, 1.165) is 9.61 Å². The lowest BCUT2D eigenvalue weighted by Gasteiger charge is -1.98. The highest BCUT2D eigenvalue weighted by molar-refractivity contribution is 14.1. The summed E-state index contributed by atoms with van der Waals surface area (Å²) in [5, 5.41) is 9.12. The van der Waals surface area contributed by atoms with Gasteiger partial charge in [-0.25, -0.2) is 0 Å². The molecule has 1 nitrogen and oxygen atoms in total. The van der Waals surface area contributed by atoms with Gasteiger partial charge in [0.25, 0.3) is 0 Å². The second-order valence-corrected chi connectivity index (χ2v) is 3.48. The Kier molecular flexibility index (Phi) is 2.73. The van der Waals surface area contributed by atoms with Crippen molar-refractivity contribution >= 4 is 32.8 Å². The molecule has 3 heteroatoms. The Balaban J connectivity index is 3.04. The minimum atomic E-state index is 0.351. The summed E-state index contributed by atoms with van der Waals surface area (Å²) in [4.78, 5) is 0. The van der Waals surface area contributed by atoms with Gasteiger partial charge in [-0.05, 0) is 40.8 Å². The number of phenolic OH excluding ortho intramolecular Hbond substituents is 1. The van der Waals surface area contributed by atoms with Crippen LogP contribution in [0.15, 0.2) is 18.2 Å². The molecule has 3 radical (unpaired) electrons. The first-order chi connectivity index (χ1) is 4.74. The maximum Gasteiger partial charge on any atom is 0.128 e. The second-order valence-electron chi connectivity index (χ2n) is 1.96. The fourth-order valence-electron chi connectivity index (χ4n) is 0.660. The molecule has 0 aliphatic rings. The molecule has 0 aromatic heterocycles. The molecule has 0 heterocycles. The second kappa shape index (κ2) is 3.38. The van der Waals surface area contributed by atoms with E-state index in [2.05, 4.69) is 32.8 Å². The van der Waals surface area contributed by atoms with E-state index in [-0.39, 0.29) is 0 Å². The SMILES string of the molecule is Oc1ccc(C[Si])cc1I. The van der Waals surface area contributed by atoms with Crippen molar-refractivity contribution in [3.63, 3.8) is 0 Å². The van der Waals surface area contributed by atoms with E-state index in [4.69, 9.17) is 5.11 Å². The molecule has 0 unspecified atom stereocenters. The zero-order chi connectivity index (χ0) is 7.56. The molecule has 1 aromatic carbocycles. The minimum absolute atomic E-state index is 0.351. The highest BCUT2D eigenvalue weighted by Gasteiger charge is 1.96. The highest BCUT2D eigenvalue weighted by Crippen LogP contribution is 2.19. The van der Waals surface area contributed by atoms with Crippen LogP contribution in [-0.2, 0) is 6.04 Å². The maximum atomic E-state index is 9.12. The quantitative estimate of drug-likeness (QED) is 0.602. The molecular weight excluding hydrogens is 255 g/mol. The van der Waals surface area contributed by atoms with Gasteiger partial charge in [-0.3, -0.25) is 0 Å². The van der Waals surface area contributed by atoms with Crippen molar-refractivity contribution in [1.82, 2.24) is 0 Å². The molecule has 1 rings (SSSR count). The van der Waals surface area contributed by atoms with E-state index in [9.17, 15) is 0 Å². The number of rotatable bonds is 1. The van der Waals surface area contributed by atoms with Gasteiger partial charge >= 0.3 is 0 Å². The van der Waals surface area contributed by atoms with Crippen LogP contribution < -0.4 is 0 Å². The largest absolute Gasteiger partial charge is 0.507 e. The number of halogens is 1. The molecular formula is C7H6IOSi. The van der Waals surface area contributed by atoms with Gasteiger partial charge in [-0.1, -0.05) is 11.6 Å². The molecule has 0 fully saturated rings. The van der Waals surface area contributed by atoms with Crippen molar-refractivity contribution in [2.24, 2.45) is 0 Å². The Morgan fingerprint density at radius 3 is 2.70 bits per heavy atom. The predicted octanol–water partition coefficient (Wildman–Crippen LogP) is 1.67. The van der Waals surface area contributed by atoms with Crippen LogP contribution in [0.3, 0.4) is 0 Å². The normalized spacial score (nSPS) is 9.80. The van der Waals surface area contributed by atoms with E-state index >= 15 is 0 Å². The fourth-order valence-corrected chi connectivity index (χ4v) is 1.46. The van der Waals surface area contributed by atoms with Crippen molar-refractivity contribution in [2.45, 2.75) is 6.04 Å². The highest BCUT2D eigenvalue weighted by atomic mass is 127. The van der Waals surface area contributed by atoms with Crippen LogP contribution >= 0.6 is 22.6 Å². The molecule has 0 atom stereocenters. The number of hydrogen-bond donors (Lipinski definition) is 1. The van der Waals surface area contributed by atoms with Gasteiger partial charge in [0, 0.05) is 10.2 Å². The van der Waals surface area contributed by atoms with Crippen LogP contribution in [0, 0.1) is 3.57 Å². The standard InChI is InChI=1S/C7H6IOSi/c8-6-3-5(4-10)1-2-7(6)9/h1-3,9H,4H2. The Bertz CT molecular complexity index is 237. The van der Waals surface area contributed by atoms with Gasteiger partial charge in [-0.15, -0.1) is 0 Å². The summed E-state index contributed by atoms with van der Waals surface area (Å²) in [5.41, 5.74) is 1.18. The number of benzene rings is 1. The molecule has 1 aromatic rings. The molecule has 1 N–H and O–H groups in total. The van der Waals surface area contributed by atoms with Crippen LogP contribution in [-0.4, -0.2) is 15.3 Å². The van der Waals surface area contributed by atoms with Crippen LogP contribution in [0.5, 0.6) is 5.75 Å². The molecule has 10 heavy (non-hydrogen) atoms. The predicted molar refractivity (Wildman–Crippen MR) is 50.3 cm³/mol. The summed E-state index contributed by atoms with van der Waals surface area (Å²) in [7, 11) is 3.38. The lowest BCUT2D eigenvalue weighted by Crippen LogP contribution is -1.83. The first-order valence-electron chi connectivity index (χ1n) is 2.86. The first kappa shape index (κ1) is 8.07. The molecule has 0 bridgehead atoms. The van der Waals surface area contributed by atoms with Crippen molar-refractivity contribution in [2.75, 3.05) is 0 Å². The number of aromatic hydroxyl groups is 1. The summed E-state index contributed by atoms with van der Waals surface area (Å²) >= 11 is 2.10. The van der Waals surface area contributed by atoms with E-state index < -0.39 is 0 Å². The Labute approximate surface area is 77.0 Å². The van der Waals surface area contributed by atoms with Gasteiger partial charge in [0.05, 0.1) is 3.57 Å². The third-order valence-corrected chi connectivity index (χ3v) is 2.49. The van der Waals surface area contributed by atoms with E-state index in [1.165, 1.54) is 5.56 Å². The Morgan fingerprint density at radius 2 is 2.20 bits per heavy atom. The summed E-state index contributed by atoms with van der Waals surface area (Å²) in [6.07, 6.45) is 0. The average Bonchev–Trinajstić information content (AvgIpc) is 1.95. The lowest BCUT2D eigenvalue weighted by atomic mass is 10.2. The molecule has 0 saturated heterocycles. The van der Waals surface area contributed by atoms with Crippen molar-refractivity contribution in [3.8, 4) is 5.75 Å². The summed E-state index contributed by atoms with van der Waals surface area (Å²) < 4.78 is 0.897. The van der Waals surface area contributed by atoms with Gasteiger partial charge in [0.15, 0.2) is 0 Å². The summed E-state index contributed by atoms with van der Waals surface area (Å²) in [6.45, 7) is 0. The third-order valence-electron chi connectivity index (χ3n) is 1.22. The van der Waals surface area contributed by atoms with Gasteiger partial charge < -0.3 is 5.11 Å². The van der Waals surface area contributed by atoms with Crippen molar-refractivity contribution in [1.29, 1.82) is 0 Å². The molecule has 0 aliphatic carbocycles. The first-order valence-corrected chi connectivity index (χ1v) is 4.64. The van der Waals surface area contributed by atoms with Gasteiger partial charge in [-0.2, -0.15) is 0 Å². The average molecular weight is 261 g/mol. The Morgan fingerprint density at radius 1 is 1.50 bits per heavy atom. The third kappa shape index (κ3) is 1.73. The van der Waals surface area contributed by atoms with E-state index in [1.807, 2.05) is 12.1 Å². The molecule has 0 amide bonds. The van der Waals surface area contributed by atoms with Crippen LogP contribution in [0.2, 0.25) is 0 Å². The molecule has 0 aliphatic heterocycles. The van der Waals surface area contributed by atoms with E-state index in [1.54, 1.807) is 6.07 Å². The van der Waals surface area contributed by atoms with Gasteiger partial charge in [0.1, 0.15) is 5.75 Å². The topological polar surface area (TPSA) is 20.2 Å². The monoisotopic (exact) mass is 261 g/mol. The Hall–Kier alpha value is -0.0331. The summed E-state index contributed by atoms with van der Waals surface area (Å²) in [6, 6.07) is 6.38. The van der Waals surface area contributed by atoms with E-state index in [0.29, 0.717) is 5.75 Å². The smallest absolute Gasteiger partial charge is 0.128 e.